The van der Waals surface area contributed by atoms with Gasteiger partial charge in [0.05, 0.1) is 7.11 Å². The summed E-state index contributed by atoms with van der Waals surface area (Å²) in [7, 11) is 1.57. The Morgan fingerprint density at radius 3 is 2.53 bits per heavy atom. The van der Waals surface area contributed by atoms with E-state index in [4.69, 9.17) is 22.1 Å². The molecule has 0 aliphatic carbocycles. The van der Waals surface area contributed by atoms with Gasteiger partial charge in [-0.2, -0.15) is 0 Å². The summed E-state index contributed by atoms with van der Waals surface area (Å²) in [4.78, 5) is 4.22. The van der Waals surface area contributed by atoms with Gasteiger partial charge in [0.1, 0.15) is 0 Å². The Balaban J connectivity index is 3.39. The molecule has 0 radical (unpaired) electrons. The van der Waals surface area contributed by atoms with Gasteiger partial charge >= 0.3 is 0 Å². The molecule has 1 heterocycles. The molecule has 4 heteroatoms. The molecule has 0 amide bonds. The number of nitrogens with two attached hydrogens (primary N) is 1. The highest BCUT2D eigenvalue weighted by atomic mass is 35.5. The van der Waals surface area contributed by atoms with Gasteiger partial charge in [-0.1, -0.05) is 18.5 Å². The van der Waals surface area contributed by atoms with Crippen LogP contribution in [0.2, 0.25) is 5.15 Å². The van der Waals surface area contributed by atoms with E-state index < -0.39 is 5.54 Å². The summed E-state index contributed by atoms with van der Waals surface area (Å²) in [6.07, 6.45) is 0.826. The highest BCUT2D eigenvalue weighted by Gasteiger charge is 2.22. The Labute approximate surface area is 95.6 Å². The minimum Gasteiger partial charge on any atom is -0.493 e. The molecule has 3 nitrogen and oxygen atoms in total. The topological polar surface area (TPSA) is 48.1 Å². The first kappa shape index (κ1) is 12.3. The lowest BCUT2D eigenvalue weighted by molar-refractivity contribution is 0.392. The van der Waals surface area contributed by atoms with E-state index in [0.29, 0.717) is 10.9 Å². The van der Waals surface area contributed by atoms with Crippen LogP contribution in [0, 0.1) is 0 Å². The quantitative estimate of drug-likeness (QED) is 0.809. The molecule has 0 aromatic carbocycles. The predicted molar refractivity (Wildman–Crippen MR) is 62.4 cm³/mol. The van der Waals surface area contributed by atoms with Crippen LogP contribution >= 0.6 is 11.6 Å². The van der Waals surface area contributed by atoms with Crippen molar-refractivity contribution in [2.24, 2.45) is 5.73 Å². The van der Waals surface area contributed by atoms with Crippen molar-refractivity contribution < 1.29 is 4.74 Å². The molecule has 0 bridgehead atoms. The van der Waals surface area contributed by atoms with E-state index in [-0.39, 0.29) is 0 Å². The van der Waals surface area contributed by atoms with Crippen molar-refractivity contribution >= 4 is 11.6 Å². The molecule has 84 valence electrons. The Bertz CT molecular complexity index is 358. The third-order valence-corrected chi connectivity index (χ3v) is 2.50. The van der Waals surface area contributed by atoms with Crippen LogP contribution in [0.3, 0.4) is 0 Å². The highest BCUT2D eigenvalue weighted by molar-refractivity contribution is 6.31. The van der Waals surface area contributed by atoms with Gasteiger partial charge in [-0.3, -0.25) is 0 Å². The van der Waals surface area contributed by atoms with E-state index in [1.165, 1.54) is 0 Å². The lowest BCUT2D eigenvalue weighted by atomic mass is 9.94. The predicted octanol–water partition coefficient (Wildman–Crippen LogP) is 2.50. The minimum atomic E-state index is -0.484. The third-order valence-electron chi connectivity index (χ3n) is 2.25. The fourth-order valence-corrected chi connectivity index (χ4v) is 1.69. The van der Waals surface area contributed by atoms with Crippen molar-refractivity contribution in [1.29, 1.82) is 0 Å². The fraction of sp³-hybridized carbons (Fsp3) is 0.545. The summed E-state index contributed by atoms with van der Waals surface area (Å²) in [5.74, 6) is 0.571. The smallest absolute Gasteiger partial charge is 0.171 e. The zero-order chi connectivity index (χ0) is 11.6. The molecular weight excluding hydrogens is 212 g/mol. The van der Waals surface area contributed by atoms with Gasteiger partial charge in [-0.05, 0) is 26.3 Å². The lowest BCUT2D eigenvalue weighted by Gasteiger charge is -2.23. The lowest BCUT2D eigenvalue weighted by Crippen LogP contribution is -2.29. The summed E-state index contributed by atoms with van der Waals surface area (Å²) < 4.78 is 5.23. The number of nitrogens with zero attached hydrogens (tertiary/aromatic N) is 1. The van der Waals surface area contributed by atoms with Crippen LogP contribution in [0.25, 0.3) is 0 Å². The molecule has 15 heavy (non-hydrogen) atoms. The normalized spacial score (nSPS) is 11.6. The number of hydrogen-bond donors (Lipinski definition) is 1. The zero-order valence-corrected chi connectivity index (χ0v) is 10.4. The summed E-state index contributed by atoms with van der Waals surface area (Å²) in [5, 5.41) is 0.380. The molecule has 1 rings (SSSR count). The second kappa shape index (κ2) is 4.37. The SMILES string of the molecule is CCc1cc(C(C)(C)N)c(OC)c(Cl)n1. The maximum atomic E-state index is 6.06. The van der Waals surface area contributed by atoms with Crippen LogP contribution in [-0.4, -0.2) is 12.1 Å². The average molecular weight is 229 g/mol. The molecule has 0 atom stereocenters. The molecule has 1 aromatic heterocycles. The molecule has 0 spiro atoms. The first-order chi connectivity index (χ1) is 6.90. The third kappa shape index (κ3) is 2.61. The molecule has 0 saturated carbocycles. The molecule has 0 fully saturated rings. The van der Waals surface area contributed by atoms with Crippen LogP contribution in [0.15, 0.2) is 6.07 Å². The number of pyridine rings is 1. The maximum absolute atomic E-state index is 6.06. The standard InChI is InChI=1S/C11H17ClN2O/c1-5-7-6-8(11(2,3)13)9(15-4)10(12)14-7/h6H,5,13H2,1-4H3. The van der Waals surface area contributed by atoms with E-state index in [9.17, 15) is 0 Å². The maximum Gasteiger partial charge on any atom is 0.171 e. The number of hydrogen-bond acceptors (Lipinski definition) is 3. The van der Waals surface area contributed by atoms with Gasteiger partial charge in [-0.25, -0.2) is 4.98 Å². The van der Waals surface area contributed by atoms with Crippen LogP contribution in [0.5, 0.6) is 5.75 Å². The van der Waals surface area contributed by atoms with Crippen molar-refractivity contribution in [1.82, 2.24) is 4.98 Å². The average Bonchev–Trinajstić information content (AvgIpc) is 2.15. The van der Waals surface area contributed by atoms with Crippen molar-refractivity contribution in [3.05, 3.63) is 22.5 Å². The van der Waals surface area contributed by atoms with Crippen LogP contribution in [-0.2, 0) is 12.0 Å². The first-order valence-electron chi connectivity index (χ1n) is 4.93. The van der Waals surface area contributed by atoms with Crippen LogP contribution in [0.1, 0.15) is 32.0 Å². The number of methoxy groups -OCH3 is 1. The fourth-order valence-electron chi connectivity index (χ4n) is 1.41. The second-order valence-electron chi connectivity index (χ2n) is 4.06. The van der Waals surface area contributed by atoms with Gasteiger partial charge in [0.25, 0.3) is 0 Å². The van der Waals surface area contributed by atoms with Gasteiger partial charge in [0.2, 0.25) is 0 Å². The Morgan fingerprint density at radius 1 is 1.53 bits per heavy atom. The first-order valence-corrected chi connectivity index (χ1v) is 5.30. The summed E-state index contributed by atoms with van der Waals surface area (Å²) in [5.41, 5.74) is 7.39. The van der Waals surface area contributed by atoms with E-state index in [1.54, 1.807) is 7.11 Å². The number of aryl methyl sites for hydroxylation is 1. The largest absolute Gasteiger partial charge is 0.493 e. The molecule has 2 N–H and O–H groups in total. The van der Waals surface area contributed by atoms with Gasteiger partial charge in [0.15, 0.2) is 10.9 Å². The van der Waals surface area contributed by atoms with Crippen molar-refractivity contribution in [2.45, 2.75) is 32.7 Å². The number of rotatable bonds is 3. The Hall–Kier alpha value is -0.800. The summed E-state index contributed by atoms with van der Waals surface area (Å²) in [6, 6.07) is 1.95. The Kier molecular flexibility index (Phi) is 3.58. The number of halogens is 1. The number of aromatic nitrogens is 1. The summed E-state index contributed by atoms with van der Waals surface area (Å²) >= 11 is 6.03. The van der Waals surface area contributed by atoms with Crippen LogP contribution < -0.4 is 10.5 Å². The second-order valence-corrected chi connectivity index (χ2v) is 4.42. The van der Waals surface area contributed by atoms with Crippen molar-refractivity contribution in [2.75, 3.05) is 7.11 Å². The van der Waals surface area contributed by atoms with E-state index in [1.807, 2.05) is 26.8 Å². The van der Waals surface area contributed by atoms with E-state index in [0.717, 1.165) is 17.7 Å². The molecule has 0 aliphatic heterocycles. The van der Waals surface area contributed by atoms with Crippen molar-refractivity contribution in [3.63, 3.8) is 0 Å². The number of ether oxygens (including phenoxy) is 1. The molecule has 1 aromatic rings. The molecular formula is C11H17ClN2O. The van der Waals surface area contributed by atoms with E-state index in [2.05, 4.69) is 4.98 Å². The van der Waals surface area contributed by atoms with E-state index >= 15 is 0 Å². The monoisotopic (exact) mass is 228 g/mol. The van der Waals surface area contributed by atoms with Crippen LogP contribution in [0.4, 0.5) is 0 Å². The van der Waals surface area contributed by atoms with Crippen molar-refractivity contribution in [3.8, 4) is 5.75 Å². The van der Waals surface area contributed by atoms with Gasteiger partial charge in [0, 0.05) is 16.8 Å². The Morgan fingerprint density at radius 2 is 2.13 bits per heavy atom. The highest BCUT2D eigenvalue weighted by Crippen LogP contribution is 2.33. The molecule has 0 saturated heterocycles. The molecule has 0 unspecified atom stereocenters. The van der Waals surface area contributed by atoms with Gasteiger partial charge in [-0.15, -0.1) is 0 Å². The van der Waals surface area contributed by atoms with Gasteiger partial charge < -0.3 is 10.5 Å². The minimum absolute atomic E-state index is 0.380. The zero-order valence-electron chi connectivity index (χ0n) is 9.60. The summed E-state index contributed by atoms with van der Waals surface area (Å²) in [6.45, 7) is 5.86. The molecule has 0 aliphatic rings.